The van der Waals surface area contributed by atoms with Crippen LogP contribution in [-0.4, -0.2) is 25.0 Å². The number of carbonyl (C=O) groups excluding carboxylic acids is 1. The van der Waals surface area contributed by atoms with E-state index in [4.69, 9.17) is 0 Å². The van der Waals surface area contributed by atoms with Gasteiger partial charge in [0.05, 0.1) is 13.1 Å². The highest BCUT2D eigenvalue weighted by atomic mass is 19.1. The highest BCUT2D eigenvalue weighted by Crippen LogP contribution is 2.17. The van der Waals surface area contributed by atoms with Crippen molar-refractivity contribution in [2.75, 3.05) is 13.1 Å². The number of quaternary nitrogens is 1. The van der Waals surface area contributed by atoms with Crippen LogP contribution < -0.4 is 10.2 Å². The molecule has 25 heavy (non-hydrogen) atoms. The second-order valence-corrected chi connectivity index (χ2v) is 6.52. The summed E-state index contributed by atoms with van der Waals surface area (Å²) < 4.78 is 12.9. The first kappa shape index (κ1) is 17.4. The maximum atomic E-state index is 12.9. The number of nitrogens with one attached hydrogen (secondary N) is 2. The number of benzene rings is 2. The van der Waals surface area contributed by atoms with E-state index in [1.807, 2.05) is 13.0 Å². The van der Waals surface area contributed by atoms with E-state index in [9.17, 15) is 9.18 Å². The van der Waals surface area contributed by atoms with E-state index in [0.29, 0.717) is 6.54 Å². The van der Waals surface area contributed by atoms with E-state index in [1.54, 1.807) is 12.1 Å². The Morgan fingerprint density at radius 1 is 1.16 bits per heavy atom. The third kappa shape index (κ3) is 4.54. The van der Waals surface area contributed by atoms with Crippen LogP contribution in [0.1, 0.15) is 24.5 Å². The van der Waals surface area contributed by atoms with Crippen LogP contribution in [0.4, 0.5) is 4.39 Å². The predicted octanol–water partition coefficient (Wildman–Crippen LogP) is 2.20. The molecule has 3 nitrogen and oxygen atoms in total. The highest BCUT2D eigenvalue weighted by molar-refractivity contribution is 5.80. The van der Waals surface area contributed by atoms with Gasteiger partial charge in [-0.2, -0.15) is 0 Å². The van der Waals surface area contributed by atoms with Gasteiger partial charge in [0.2, 0.25) is 0 Å². The largest absolute Gasteiger partial charge is 0.347 e. The second-order valence-electron chi connectivity index (χ2n) is 6.52. The zero-order valence-electron chi connectivity index (χ0n) is 14.5. The van der Waals surface area contributed by atoms with Gasteiger partial charge in [0.15, 0.2) is 6.04 Å². The summed E-state index contributed by atoms with van der Waals surface area (Å²) in [6, 6.07) is 16.5. The first-order valence-electron chi connectivity index (χ1n) is 8.74. The smallest absolute Gasteiger partial charge is 0.278 e. The number of hydrogen-bond acceptors (Lipinski definition) is 1. The van der Waals surface area contributed by atoms with Gasteiger partial charge >= 0.3 is 0 Å². The molecule has 4 heteroatoms. The third-order valence-electron chi connectivity index (χ3n) is 4.86. The summed E-state index contributed by atoms with van der Waals surface area (Å²) >= 11 is 0. The summed E-state index contributed by atoms with van der Waals surface area (Å²) in [6.07, 6.45) is 3.23. The fourth-order valence-electron chi connectivity index (χ4n) is 3.19. The van der Waals surface area contributed by atoms with E-state index < -0.39 is 0 Å². The summed E-state index contributed by atoms with van der Waals surface area (Å²) in [5.74, 6) is -0.224. The van der Waals surface area contributed by atoms with Gasteiger partial charge < -0.3 is 10.2 Å². The summed E-state index contributed by atoms with van der Waals surface area (Å²) in [4.78, 5) is 13.7. The van der Waals surface area contributed by atoms with Crippen molar-refractivity contribution in [3.8, 4) is 0 Å². The Kier molecular flexibility index (Phi) is 5.61. The van der Waals surface area contributed by atoms with Crippen LogP contribution in [0.2, 0.25) is 0 Å². The van der Waals surface area contributed by atoms with Gasteiger partial charge in [0.1, 0.15) is 5.82 Å². The van der Waals surface area contributed by atoms with Crippen molar-refractivity contribution < 1.29 is 14.1 Å². The molecular formula is C21H24FN2O+. The lowest BCUT2D eigenvalue weighted by Gasteiger charge is -2.28. The van der Waals surface area contributed by atoms with Crippen LogP contribution >= 0.6 is 0 Å². The number of amides is 1. The molecule has 1 amide bonds. The molecule has 0 fully saturated rings. The average Bonchev–Trinajstić information content (AvgIpc) is 2.67. The number of hydrogen-bond donors (Lipinski definition) is 2. The molecule has 0 spiro atoms. The molecule has 0 bridgehead atoms. The van der Waals surface area contributed by atoms with Gasteiger partial charge in [-0.1, -0.05) is 42.5 Å². The molecule has 0 radical (unpaired) electrons. The van der Waals surface area contributed by atoms with E-state index in [0.717, 1.165) is 25.1 Å². The molecule has 0 saturated carbocycles. The van der Waals surface area contributed by atoms with Crippen molar-refractivity contribution in [1.82, 2.24) is 5.32 Å². The van der Waals surface area contributed by atoms with Crippen molar-refractivity contribution in [3.63, 3.8) is 0 Å². The summed E-state index contributed by atoms with van der Waals surface area (Å²) in [5.41, 5.74) is 3.54. The molecule has 1 unspecified atom stereocenters. The summed E-state index contributed by atoms with van der Waals surface area (Å²) in [7, 11) is 0. The molecule has 1 aliphatic rings. The van der Waals surface area contributed by atoms with Gasteiger partial charge in [-0.05, 0) is 41.8 Å². The highest BCUT2D eigenvalue weighted by Gasteiger charge is 2.26. The van der Waals surface area contributed by atoms with Crippen molar-refractivity contribution in [2.45, 2.75) is 25.9 Å². The SMILES string of the molecule is C[C@H](C(=O)NCc1ccc(F)cc1)[NH+]1CC=C(c2ccccc2)CC1. The Hall–Kier alpha value is -2.46. The molecule has 1 aliphatic heterocycles. The number of halogens is 1. The van der Waals surface area contributed by atoms with E-state index >= 15 is 0 Å². The van der Waals surface area contributed by atoms with Crippen LogP contribution in [0.25, 0.3) is 5.57 Å². The Balaban J connectivity index is 1.53. The lowest BCUT2D eigenvalue weighted by Crippen LogP contribution is -3.17. The molecule has 2 aromatic carbocycles. The van der Waals surface area contributed by atoms with E-state index in [-0.39, 0.29) is 17.8 Å². The fraction of sp³-hybridized carbons (Fsp3) is 0.286. The minimum atomic E-state index is -0.262. The molecular weight excluding hydrogens is 315 g/mol. The average molecular weight is 339 g/mol. The molecule has 2 N–H and O–H groups in total. The maximum absolute atomic E-state index is 12.9. The van der Waals surface area contributed by atoms with Crippen LogP contribution in [0.15, 0.2) is 60.7 Å². The molecule has 3 rings (SSSR count). The fourth-order valence-corrected chi connectivity index (χ4v) is 3.19. The minimum absolute atomic E-state index is 0.0379. The molecule has 0 saturated heterocycles. The topological polar surface area (TPSA) is 33.5 Å². The predicted molar refractivity (Wildman–Crippen MR) is 97.4 cm³/mol. The van der Waals surface area contributed by atoms with Gasteiger partial charge in [-0.15, -0.1) is 0 Å². The normalized spacial score (nSPS) is 18.3. The van der Waals surface area contributed by atoms with Crippen molar-refractivity contribution >= 4 is 11.5 Å². The number of carbonyl (C=O) groups is 1. The molecule has 2 aromatic rings. The Labute approximate surface area is 148 Å². The van der Waals surface area contributed by atoms with Gasteiger partial charge in [0, 0.05) is 13.0 Å². The maximum Gasteiger partial charge on any atom is 0.278 e. The zero-order valence-corrected chi connectivity index (χ0v) is 14.5. The first-order chi connectivity index (χ1) is 12.1. The molecule has 2 atom stereocenters. The Morgan fingerprint density at radius 3 is 2.52 bits per heavy atom. The minimum Gasteiger partial charge on any atom is -0.347 e. The Bertz CT molecular complexity index is 740. The van der Waals surface area contributed by atoms with Gasteiger partial charge in [0.25, 0.3) is 5.91 Å². The van der Waals surface area contributed by atoms with Crippen molar-refractivity contribution in [1.29, 1.82) is 0 Å². The van der Waals surface area contributed by atoms with E-state index in [2.05, 4.69) is 35.7 Å². The standard InChI is InChI=1S/C21H23FN2O/c1-16(21(25)23-15-17-7-9-20(22)10-8-17)24-13-11-19(12-14-24)18-5-3-2-4-6-18/h2-11,16H,12-15H2,1H3,(H,23,25)/p+1/t16-/m1/s1. The van der Waals surface area contributed by atoms with Gasteiger partial charge in [-0.3, -0.25) is 4.79 Å². The van der Waals surface area contributed by atoms with E-state index in [1.165, 1.54) is 28.2 Å². The van der Waals surface area contributed by atoms with Crippen LogP contribution in [0, 0.1) is 5.82 Å². The zero-order chi connectivity index (χ0) is 17.6. The molecule has 1 heterocycles. The van der Waals surface area contributed by atoms with Crippen molar-refractivity contribution in [3.05, 3.63) is 77.6 Å². The monoisotopic (exact) mass is 339 g/mol. The molecule has 130 valence electrons. The summed E-state index contributed by atoms with van der Waals surface area (Å²) in [5, 5.41) is 2.96. The summed E-state index contributed by atoms with van der Waals surface area (Å²) in [6.45, 7) is 4.21. The molecule has 0 aliphatic carbocycles. The lowest BCUT2D eigenvalue weighted by atomic mass is 9.99. The van der Waals surface area contributed by atoms with Crippen molar-refractivity contribution in [2.24, 2.45) is 0 Å². The second kappa shape index (κ2) is 8.08. The number of rotatable bonds is 5. The lowest BCUT2D eigenvalue weighted by molar-refractivity contribution is -0.909. The quantitative estimate of drug-likeness (QED) is 0.860. The van der Waals surface area contributed by atoms with Gasteiger partial charge in [-0.25, -0.2) is 4.39 Å². The molecule has 0 aromatic heterocycles. The van der Waals surface area contributed by atoms with Crippen LogP contribution in [-0.2, 0) is 11.3 Å². The Morgan fingerprint density at radius 2 is 1.88 bits per heavy atom. The first-order valence-corrected chi connectivity index (χ1v) is 8.74. The van der Waals surface area contributed by atoms with Crippen LogP contribution in [0.3, 0.4) is 0 Å². The third-order valence-corrected chi connectivity index (χ3v) is 4.86. The van der Waals surface area contributed by atoms with Crippen LogP contribution in [0.5, 0.6) is 0 Å².